The maximum atomic E-state index is 12.7. The predicted molar refractivity (Wildman–Crippen MR) is 104 cm³/mol. The lowest BCUT2D eigenvalue weighted by molar-refractivity contribution is 0.102. The Morgan fingerprint density at radius 3 is 2.50 bits per heavy atom. The van der Waals surface area contributed by atoms with Crippen LogP contribution in [0.25, 0.3) is 0 Å². The topological polar surface area (TPSA) is 51.2 Å². The quantitative estimate of drug-likeness (QED) is 0.719. The van der Waals surface area contributed by atoms with E-state index in [1.54, 1.807) is 6.07 Å². The molecule has 0 unspecified atom stereocenters. The third-order valence-corrected chi connectivity index (χ3v) is 4.09. The van der Waals surface area contributed by atoms with Crippen molar-refractivity contribution in [3.8, 4) is 5.75 Å². The van der Waals surface area contributed by atoms with E-state index in [0.29, 0.717) is 29.3 Å². The summed E-state index contributed by atoms with van der Waals surface area (Å²) in [5.74, 6) is 0.461. The van der Waals surface area contributed by atoms with Gasteiger partial charge in [0.2, 0.25) is 0 Å². The van der Waals surface area contributed by atoms with E-state index in [4.69, 9.17) is 4.74 Å². The number of aromatic nitrogens is 1. The molecule has 0 fully saturated rings. The molecule has 0 saturated heterocycles. The number of carbonyl (C=O) groups excluding carboxylic acids is 1. The smallest absolute Gasteiger partial charge is 0.257 e. The van der Waals surface area contributed by atoms with Crippen LogP contribution < -0.4 is 10.1 Å². The molecule has 4 heteroatoms. The van der Waals surface area contributed by atoms with E-state index >= 15 is 0 Å². The summed E-state index contributed by atoms with van der Waals surface area (Å²) in [6.07, 6.45) is 0. The average Bonchev–Trinajstić information content (AvgIpc) is 2.62. The van der Waals surface area contributed by atoms with Crippen LogP contribution in [0, 0.1) is 20.8 Å². The summed E-state index contributed by atoms with van der Waals surface area (Å²) >= 11 is 0. The lowest BCUT2D eigenvalue weighted by Gasteiger charge is -2.14. The molecule has 0 aliphatic rings. The first-order valence-electron chi connectivity index (χ1n) is 8.56. The van der Waals surface area contributed by atoms with Crippen LogP contribution in [-0.2, 0) is 6.61 Å². The predicted octanol–water partition coefficient (Wildman–Crippen LogP) is 4.84. The van der Waals surface area contributed by atoms with Gasteiger partial charge in [0.1, 0.15) is 12.4 Å². The second-order valence-electron chi connectivity index (χ2n) is 6.31. The first kappa shape index (κ1) is 17.7. The van der Waals surface area contributed by atoms with Crippen LogP contribution in [0.1, 0.15) is 32.9 Å². The second-order valence-corrected chi connectivity index (χ2v) is 6.31. The minimum absolute atomic E-state index is 0.191. The number of benzene rings is 2. The van der Waals surface area contributed by atoms with Crippen molar-refractivity contribution in [2.45, 2.75) is 27.4 Å². The molecule has 4 nitrogen and oxygen atoms in total. The van der Waals surface area contributed by atoms with Gasteiger partial charge in [-0.25, -0.2) is 0 Å². The number of hydrogen-bond donors (Lipinski definition) is 1. The molecule has 0 spiro atoms. The van der Waals surface area contributed by atoms with E-state index in [0.717, 1.165) is 16.8 Å². The van der Waals surface area contributed by atoms with Gasteiger partial charge in [0.15, 0.2) is 0 Å². The molecule has 2 aromatic carbocycles. The third-order valence-electron chi connectivity index (χ3n) is 4.09. The van der Waals surface area contributed by atoms with Crippen molar-refractivity contribution >= 4 is 11.6 Å². The van der Waals surface area contributed by atoms with E-state index in [9.17, 15) is 4.79 Å². The molecule has 26 heavy (non-hydrogen) atoms. The number of carbonyl (C=O) groups is 1. The molecule has 3 aromatic rings. The third kappa shape index (κ3) is 4.28. The highest BCUT2D eigenvalue weighted by Crippen LogP contribution is 2.27. The molecule has 0 aliphatic heterocycles. The molecule has 1 amide bonds. The van der Waals surface area contributed by atoms with Gasteiger partial charge in [-0.3, -0.25) is 9.78 Å². The Morgan fingerprint density at radius 2 is 1.77 bits per heavy atom. The highest BCUT2D eigenvalue weighted by atomic mass is 16.5. The SMILES string of the molecule is Cc1ccc(NC(=O)c2ccc(C)nc2C)c(OCc2ccccc2)c1. The number of ether oxygens (including phenoxy) is 1. The number of anilines is 1. The monoisotopic (exact) mass is 346 g/mol. The van der Waals surface area contributed by atoms with Gasteiger partial charge in [0.25, 0.3) is 5.91 Å². The van der Waals surface area contributed by atoms with Crippen molar-refractivity contribution in [1.29, 1.82) is 0 Å². The molecule has 0 atom stereocenters. The minimum atomic E-state index is -0.191. The van der Waals surface area contributed by atoms with Crippen molar-refractivity contribution in [3.05, 3.63) is 88.7 Å². The maximum Gasteiger partial charge on any atom is 0.257 e. The summed E-state index contributed by atoms with van der Waals surface area (Å²) in [5.41, 5.74) is 4.95. The van der Waals surface area contributed by atoms with E-state index in [1.165, 1.54) is 0 Å². The number of aryl methyl sites for hydroxylation is 3. The first-order chi connectivity index (χ1) is 12.5. The van der Waals surface area contributed by atoms with E-state index in [1.807, 2.05) is 75.4 Å². The summed E-state index contributed by atoms with van der Waals surface area (Å²) in [7, 11) is 0. The number of rotatable bonds is 5. The molecule has 0 saturated carbocycles. The molecule has 3 rings (SSSR count). The number of nitrogens with zero attached hydrogens (tertiary/aromatic N) is 1. The normalized spacial score (nSPS) is 10.4. The zero-order valence-corrected chi connectivity index (χ0v) is 15.2. The molecule has 1 aromatic heterocycles. The summed E-state index contributed by atoms with van der Waals surface area (Å²) < 4.78 is 5.96. The second kappa shape index (κ2) is 7.83. The van der Waals surface area contributed by atoms with Crippen LogP contribution >= 0.6 is 0 Å². The van der Waals surface area contributed by atoms with Crippen LogP contribution in [0.15, 0.2) is 60.7 Å². The Labute approximate surface area is 153 Å². The fraction of sp³-hybridized carbons (Fsp3) is 0.182. The van der Waals surface area contributed by atoms with Crippen LogP contribution in [0.4, 0.5) is 5.69 Å². The highest BCUT2D eigenvalue weighted by Gasteiger charge is 2.13. The average molecular weight is 346 g/mol. The molecular formula is C22H22N2O2. The lowest BCUT2D eigenvalue weighted by Crippen LogP contribution is -2.15. The van der Waals surface area contributed by atoms with Crippen LogP contribution in [0.3, 0.4) is 0 Å². The van der Waals surface area contributed by atoms with Crippen molar-refractivity contribution in [2.75, 3.05) is 5.32 Å². The Bertz CT molecular complexity index is 921. The Hall–Kier alpha value is -3.14. The summed E-state index contributed by atoms with van der Waals surface area (Å²) in [5, 5.41) is 2.95. The molecule has 0 bridgehead atoms. The first-order valence-corrected chi connectivity index (χ1v) is 8.56. The van der Waals surface area contributed by atoms with Gasteiger partial charge in [-0.2, -0.15) is 0 Å². The van der Waals surface area contributed by atoms with Crippen molar-refractivity contribution < 1.29 is 9.53 Å². The maximum absolute atomic E-state index is 12.7. The lowest BCUT2D eigenvalue weighted by atomic mass is 10.1. The Kier molecular flexibility index (Phi) is 5.32. The van der Waals surface area contributed by atoms with Gasteiger partial charge < -0.3 is 10.1 Å². The van der Waals surface area contributed by atoms with Gasteiger partial charge in [-0.05, 0) is 56.2 Å². The Balaban J connectivity index is 1.80. The number of nitrogens with one attached hydrogen (secondary N) is 1. The summed E-state index contributed by atoms with van der Waals surface area (Å²) in [6, 6.07) is 19.3. The Morgan fingerprint density at radius 1 is 1.00 bits per heavy atom. The van der Waals surface area contributed by atoms with Gasteiger partial charge in [0, 0.05) is 5.69 Å². The molecule has 1 N–H and O–H groups in total. The molecular weight excluding hydrogens is 324 g/mol. The zero-order chi connectivity index (χ0) is 18.5. The largest absolute Gasteiger partial charge is 0.487 e. The fourth-order valence-corrected chi connectivity index (χ4v) is 2.70. The van der Waals surface area contributed by atoms with Gasteiger partial charge in [-0.15, -0.1) is 0 Å². The van der Waals surface area contributed by atoms with Crippen LogP contribution in [-0.4, -0.2) is 10.9 Å². The number of amides is 1. The van der Waals surface area contributed by atoms with Crippen molar-refractivity contribution in [1.82, 2.24) is 4.98 Å². The van der Waals surface area contributed by atoms with E-state index in [2.05, 4.69) is 10.3 Å². The summed E-state index contributed by atoms with van der Waals surface area (Å²) in [4.78, 5) is 17.0. The number of pyridine rings is 1. The summed E-state index contributed by atoms with van der Waals surface area (Å²) in [6.45, 7) is 6.18. The molecule has 0 radical (unpaired) electrons. The molecule has 0 aliphatic carbocycles. The minimum Gasteiger partial charge on any atom is -0.487 e. The van der Waals surface area contributed by atoms with Crippen LogP contribution in [0.2, 0.25) is 0 Å². The molecule has 132 valence electrons. The molecule has 1 heterocycles. The van der Waals surface area contributed by atoms with Crippen LogP contribution in [0.5, 0.6) is 5.75 Å². The van der Waals surface area contributed by atoms with E-state index in [-0.39, 0.29) is 5.91 Å². The van der Waals surface area contributed by atoms with Gasteiger partial charge in [-0.1, -0.05) is 36.4 Å². The highest BCUT2D eigenvalue weighted by molar-refractivity contribution is 6.05. The fourth-order valence-electron chi connectivity index (χ4n) is 2.70. The van der Waals surface area contributed by atoms with Crippen molar-refractivity contribution in [3.63, 3.8) is 0 Å². The number of hydrogen-bond acceptors (Lipinski definition) is 3. The van der Waals surface area contributed by atoms with Gasteiger partial charge >= 0.3 is 0 Å². The van der Waals surface area contributed by atoms with Crippen molar-refractivity contribution in [2.24, 2.45) is 0 Å². The zero-order valence-electron chi connectivity index (χ0n) is 15.2. The standard InChI is InChI=1S/C22H22N2O2/c1-15-9-12-20(21(13-15)26-14-18-7-5-4-6-8-18)24-22(25)19-11-10-16(2)23-17(19)3/h4-13H,14H2,1-3H3,(H,24,25). The van der Waals surface area contributed by atoms with E-state index < -0.39 is 0 Å². The van der Waals surface area contributed by atoms with Gasteiger partial charge in [0.05, 0.1) is 16.9 Å².